The van der Waals surface area contributed by atoms with Crippen molar-refractivity contribution < 1.29 is 18.7 Å². The van der Waals surface area contributed by atoms with Crippen molar-refractivity contribution in [2.24, 2.45) is 0 Å². The SMILES string of the molecule is Cl.O=C(CN1CCNCC1c1cccc(F)c1)Nc1ccc2c(c1)OCO2. The van der Waals surface area contributed by atoms with Crippen molar-refractivity contribution in [3.63, 3.8) is 0 Å². The minimum atomic E-state index is -0.266. The molecule has 27 heavy (non-hydrogen) atoms. The molecule has 0 aromatic heterocycles. The van der Waals surface area contributed by atoms with Crippen LogP contribution in [-0.4, -0.2) is 43.8 Å². The number of nitrogens with one attached hydrogen (secondary N) is 2. The number of amides is 1. The molecule has 0 spiro atoms. The number of piperazine rings is 1. The molecule has 2 aliphatic heterocycles. The highest BCUT2D eigenvalue weighted by atomic mass is 35.5. The molecule has 8 heteroatoms. The van der Waals surface area contributed by atoms with Crippen LogP contribution in [-0.2, 0) is 4.79 Å². The van der Waals surface area contributed by atoms with E-state index in [1.165, 1.54) is 12.1 Å². The lowest BCUT2D eigenvalue weighted by atomic mass is 10.0. The van der Waals surface area contributed by atoms with Crippen molar-refractivity contribution in [2.45, 2.75) is 6.04 Å². The third-order valence-electron chi connectivity index (χ3n) is 4.59. The number of nitrogens with zero attached hydrogens (tertiary/aromatic N) is 1. The highest BCUT2D eigenvalue weighted by Gasteiger charge is 2.26. The molecule has 144 valence electrons. The van der Waals surface area contributed by atoms with E-state index in [1.807, 2.05) is 6.07 Å². The topological polar surface area (TPSA) is 62.8 Å². The summed E-state index contributed by atoms with van der Waals surface area (Å²) in [5.74, 6) is 0.920. The Kier molecular flexibility index (Phi) is 6.15. The summed E-state index contributed by atoms with van der Waals surface area (Å²) in [6.45, 7) is 2.62. The zero-order valence-corrected chi connectivity index (χ0v) is 15.4. The number of hydrogen-bond donors (Lipinski definition) is 2. The molecule has 4 rings (SSSR count). The summed E-state index contributed by atoms with van der Waals surface area (Å²) in [7, 11) is 0. The molecule has 2 heterocycles. The van der Waals surface area contributed by atoms with E-state index in [9.17, 15) is 9.18 Å². The second-order valence-electron chi connectivity index (χ2n) is 6.36. The molecule has 1 saturated heterocycles. The standard InChI is InChI=1S/C19H20FN3O3.ClH/c20-14-3-1-2-13(8-14)16-10-21-6-7-23(16)11-19(24)22-15-4-5-17-18(9-15)26-12-25-17;/h1-5,8-9,16,21H,6-7,10-12H2,(H,22,24);1H. The average Bonchev–Trinajstić information content (AvgIpc) is 3.10. The van der Waals surface area contributed by atoms with Gasteiger partial charge in [-0.3, -0.25) is 9.69 Å². The Morgan fingerprint density at radius 3 is 2.93 bits per heavy atom. The van der Waals surface area contributed by atoms with E-state index >= 15 is 0 Å². The number of fused-ring (bicyclic) bond motifs is 1. The van der Waals surface area contributed by atoms with Gasteiger partial charge < -0.3 is 20.1 Å². The number of anilines is 1. The lowest BCUT2D eigenvalue weighted by Crippen LogP contribution is -2.48. The molecule has 6 nitrogen and oxygen atoms in total. The van der Waals surface area contributed by atoms with Crippen molar-refractivity contribution >= 4 is 24.0 Å². The molecular formula is C19H21ClFN3O3. The zero-order chi connectivity index (χ0) is 17.9. The van der Waals surface area contributed by atoms with Crippen LogP contribution >= 0.6 is 12.4 Å². The molecule has 0 bridgehead atoms. The molecule has 2 N–H and O–H groups in total. The van der Waals surface area contributed by atoms with E-state index in [2.05, 4.69) is 15.5 Å². The van der Waals surface area contributed by atoms with Gasteiger partial charge in [0, 0.05) is 37.4 Å². The lowest BCUT2D eigenvalue weighted by molar-refractivity contribution is -0.118. The van der Waals surface area contributed by atoms with Crippen molar-refractivity contribution in [3.8, 4) is 11.5 Å². The van der Waals surface area contributed by atoms with Gasteiger partial charge in [-0.1, -0.05) is 12.1 Å². The molecule has 1 unspecified atom stereocenters. The molecule has 0 aliphatic carbocycles. The summed E-state index contributed by atoms with van der Waals surface area (Å²) in [5, 5.41) is 6.20. The van der Waals surface area contributed by atoms with E-state index in [0.29, 0.717) is 23.7 Å². The van der Waals surface area contributed by atoms with Crippen molar-refractivity contribution in [2.75, 3.05) is 38.3 Å². The Bertz CT molecular complexity index is 821. The van der Waals surface area contributed by atoms with Crippen molar-refractivity contribution in [1.82, 2.24) is 10.2 Å². The highest BCUT2D eigenvalue weighted by molar-refractivity contribution is 5.92. The van der Waals surface area contributed by atoms with Crippen molar-refractivity contribution in [1.29, 1.82) is 0 Å². The molecule has 2 aliphatic rings. The molecule has 0 saturated carbocycles. The van der Waals surface area contributed by atoms with Gasteiger partial charge in [-0.25, -0.2) is 4.39 Å². The van der Waals surface area contributed by atoms with Crippen LogP contribution in [0.4, 0.5) is 10.1 Å². The summed E-state index contributed by atoms with van der Waals surface area (Å²) < 4.78 is 24.2. The maximum atomic E-state index is 13.6. The van der Waals surface area contributed by atoms with Gasteiger partial charge in [0.2, 0.25) is 12.7 Å². The van der Waals surface area contributed by atoms with Gasteiger partial charge in [0.05, 0.1) is 6.54 Å². The Labute approximate surface area is 163 Å². The monoisotopic (exact) mass is 393 g/mol. The van der Waals surface area contributed by atoms with E-state index in [-0.39, 0.29) is 43.5 Å². The van der Waals surface area contributed by atoms with Crippen LogP contribution in [0.1, 0.15) is 11.6 Å². The lowest BCUT2D eigenvalue weighted by Gasteiger charge is -2.36. The van der Waals surface area contributed by atoms with Crippen LogP contribution < -0.4 is 20.1 Å². The second-order valence-corrected chi connectivity index (χ2v) is 6.36. The van der Waals surface area contributed by atoms with Crippen molar-refractivity contribution in [3.05, 3.63) is 53.8 Å². The third-order valence-corrected chi connectivity index (χ3v) is 4.59. The molecule has 2 aromatic carbocycles. The Morgan fingerprint density at radius 1 is 1.22 bits per heavy atom. The van der Waals surface area contributed by atoms with Gasteiger partial charge in [-0.15, -0.1) is 12.4 Å². The van der Waals surface area contributed by atoms with E-state index in [1.54, 1.807) is 24.3 Å². The summed E-state index contributed by atoms with van der Waals surface area (Å²) in [5.41, 5.74) is 1.53. The largest absolute Gasteiger partial charge is 0.454 e. The first-order valence-electron chi connectivity index (χ1n) is 8.59. The van der Waals surface area contributed by atoms with Crippen LogP contribution in [0.2, 0.25) is 0 Å². The van der Waals surface area contributed by atoms with Crippen LogP contribution in [0, 0.1) is 5.82 Å². The van der Waals surface area contributed by atoms with E-state index in [0.717, 1.165) is 18.7 Å². The molecule has 1 atom stereocenters. The fourth-order valence-electron chi connectivity index (χ4n) is 3.34. The Morgan fingerprint density at radius 2 is 2.07 bits per heavy atom. The minimum absolute atomic E-state index is 0. The molecular weight excluding hydrogens is 373 g/mol. The third kappa shape index (κ3) is 4.50. The first kappa shape index (κ1) is 19.4. The maximum Gasteiger partial charge on any atom is 0.238 e. The van der Waals surface area contributed by atoms with E-state index < -0.39 is 0 Å². The average molecular weight is 394 g/mol. The van der Waals surface area contributed by atoms with Gasteiger partial charge >= 0.3 is 0 Å². The number of halogens is 2. The Balaban J connectivity index is 0.00000210. The predicted molar refractivity (Wildman–Crippen MR) is 102 cm³/mol. The normalized spacial score (nSPS) is 18.6. The van der Waals surface area contributed by atoms with Crippen LogP contribution in [0.25, 0.3) is 0 Å². The van der Waals surface area contributed by atoms with Crippen LogP contribution in [0.5, 0.6) is 11.5 Å². The van der Waals surface area contributed by atoms with E-state index in [4.69, 9.17) is 9.47 Å². The minimum Gasteiger partial charge on any atom is -0.454 e. The molecule has 2 aromatic rings. The van der Waals surface area contributed by atoms with Gasteiger partial charge in [-0.2, -0.15) is 0 Å². The second kappa shape index (κ2) is 8.56. The highest BCUT2D eigenvalue weighted by Crippen LogP contribution is 2.34. The van der Waals surface area contributed by atoms with Gasteiger partial charge in [-0.05, 0) is 29.8 Å². The quantitative estimate of drug-likeness (QED) is 0.836. The number of rotatable bonds is 4. The number of benzene rings is 2. The van der Waals surface area contributed by atoms with Crippen LogP contribution in [0.15, 0.2) is 42.5 Å². The first-order valence-corrected chi connectivity index (χ1v) is 8.59. The first-order chi connectivity index (χ1) is 12.7. The zero-order valence-electron chi connectivity index (χ0n) is 14.6. The summed E-state index contributed by atoms with van der Waals surface area (Å²) in [6, 6.07) is 11.8. The van der Waals surface area contributed by atoms with Gasteiger partial charge in [0.15, 0.2) is 11.5 Å². The fraction of sp³-hybridized carbons (Fsp3) is 0.316. The fourth-order valence-corrected chi connectivity index (χ4v) is 3.34. The predicted octanol–water partition coefficient (Wildman–Crippen LogP) is 2.56. The molecule has 0 radical (unpaired) electrons. The molecule has 1 fully saturated rings. The number of ether oxygens (including phenoxy) is 2. The molecule has 1 amide bonds. The number of hydrogen-bond acceptors (Lipinski definition) is 5. The van der Waals surface area contributed by atoms with Gasteiger partial charge in [0.1, 0.15) is 5.82 Å². The summed E-state index contributed by atoms with van der Waals surface area (Å²) in [4.78, 5) is 14.6. The van der Waals surface area contributed by atoms with Crippen LogP contribution in [0.3, 0.4) is 0 Å². The Hall–Kier alpha value is -2.35. The summed E-state index contributed by atoms with van der Waals surface area (Å²) in [6.07, 6.45) is 0. The summed E-state index contributed by atoms with van der Waals surface area (Å²) >= 11 is 0. The number of carbonyl (C=O) groups excluding carboxylic acids is 1. The smallest absolute Gasteiger partial charge is 0.238 e. The van der Waals surface area contributed by atoms with Gasteiger partial charge in [0.25, 0.3) is 0 Å². The number of carbonyl (C=O) groups is 1. The maximum absolute atomic E-state index is 13.6.